The molecule has 1 N–H and O–H groups in total. The van der Waals surface area contributed by atoms with Crippen molar-refractivity contribution in [1.29, 1.82) is 0 Å². The molecule has 104 valence electrons. The Morgan fingerprint density at radius 1 is 1.26 bits per heavy atom. The van der Waals surface area contributed by atoms with E-state index in [9.17, 15) is 22.8 Å². The highest BCUT2D eigenvalue weighted by atomic mass is 79.9. The second kappa shape index (κ2) is 5.12. The Hall–Kier alpha value is 0.0700. The molecule has 0 bridgehead atoms. The molecule has 1 aromatic rings. The van der Waals surface area contributed by atoms with E-state index in [1.54, 1.807) is 0 Å². The Balaban J connectivity index is 2.39. The number of amides is 1. The van der Waals surface area contributed by atoms with Gasteiger partial charge in [-0.15, -0.1) is 11.3 Å². The Morgan fingerprint density at radius 3 is 2.37 bits per heavy atom. The van der Waals surface area contributed by atoms with Crippen LogP contribution >= 0.6 is 59.1 Å². The van der Waals surface area contributed by atoms with Gasteiger partial charge in [-0.2, -0.15) is 13.2 Å². The van der Waals surface area contributed by atoms with Crippen molar-refractivity contribution in [3.05, 3.63) is 18.7 Å². The molecule has 2 rings (SSSR count). The number of rotatable bonds is 1. The molecule has 0 radical (unpaired) electrons. The molecule has 0 saturated heterocycles. The summed E-state index contributed by atoms with van der Waals surface area (Å²) in [4.78, 5) is 22.0. The van der Waals surface area contributed by atoms with Crippen LogP contribution in [0.4, 0.5) is 13.2 Å². The number of hydrogen-bond donors (Lipinski definition) is 1. The standard InChI is InChI=1S/C9H3Br3F3NO2S/c10-3-4(16-8(18)9(13,14)15)1-2(5(3)17)7(12)19-6(1)11/h3-4H,(H,16,18). The van der Waals surface area contributed by atoms with Crippen LogP contribution in [0.1, 0.15) is 22.0 Å². The van der Waals surface area contributed by atoms with Gasteiger partial charge in [-0.3, -0.25) is 9.59 Å². The van der Waals surface area contributed by atoms with E-state index >= 15 is 0 Å². The van der Waals surface area contributed by atoms with Crippen molar-refractivity contribution in [2.45, 2.75) is 17.0 Å². The Kier molecular flexibility index (Phi) is 4.17. The van der Waals surface area contributed by atoms with E-state index in [-0.39, 0.29) is 5.78 Å². The Bertz CT molecular complexity index is 572. The number of fused-ring (bicyclic) bond motifs is 1. The molecule has 0 aromatic carbocycles. The minimum absolute atomic E-state index is 0.297. The summed E-state index contributed by atoms with van der Waals surface area (Å²) in [6.07, 6.45) is -4.99. The lowest BCUT2D eigenvalue weighted by Gasteiger charge is -2.17. The highest BCUT2D eigenvalue weighted by Gasteiger charge is 2.47. The molecule has 10 heteroatoms. The fourth-order valence-corrected chi connectivity index (χ4v) is 5.61. The summed E-state index contributed by atoms with van der Waals surface area (Å²) in [5.41, 5.74) is 0.660. The number of nitrogens with one attached hydrogen (secondary N) is 1. The highest BCUT2D eigenvalue weighted by molar-refractivity contribution is 9.12. The van der Waals surface area contributed by atoms with Crippen LogP contribution in [0.5, 0.6) is 0 Å². The van der Waals surface area contributed by atoms with Gasteiger partial charge >= 0.3 is 12.1 Å². The normalized spacial score (nSPS) is 22.5. The average Bonchev–Trinajstić information content (AvgIpc) is 2.69. The van der Waals surface area contributed by atoms with Crippen molar-refractivity contribution in [2.24, 2.45) is 0 Å². The number of carbonyl (C=O) groups excluding carboxylic acids is 2. The van der Waals surface area contributed by atoms with Crippen LogP contribution < -0.4 is 5.32 Å². The number of ketones is 1. The minimum Gasteiger partial charge on any atom is -0.340 e. The first kappa shape index (κ1) is 15.5. The second-order valence-electron chi connectivity index (χ2n) is 3.65. The molecule has 19 heavy (non-hydrogen) atoms. The highest BCUT2D eigenvalue weighted by Crippen LogP contribution is 2.48. The third-order valence-electron chi connectivity index (χ3n) is 2.50. The second-order valence-corrected chi connectivity index (χ2v) is 8.30. The fourth-order valence-electron chi connectivity index (χ4n) is 1.70. The van der Waals surface area contributed by atoms with Gasteiger partial charge in [-0.1, -0.05) is 15.9 Å². The van der Waals surface area contributed by atoms with Crippen molar-refractivity contribution in [3.8, 4) is 0 Å². The van der Waals surface area contributed by atoms with Crippen molar-refractivity contribution in [3.63, 3.8) is 0 Å². The van der Waals surface area contributed by atoms with Gasteiger partial charge in [0.1, 0.15) is 4.83 Å². The van der Waals surface area contributed by atoms with Crippen LogP contribution in [0.3, 0.4) is 0 Å². The molecule has 3 nitrogen and oxygen atoms in total. The predicted molar refractivity (Wildman–Crippen MR) is 73.7 cm³/mol. The van der Waals surface area contributed by atoms with E-state index in [1.807, 2.05) is 5.32 Å². The van der Waals surface area contributed by atoms with Crippen LogP contribution in [-0.4, -0.2) is 22.7 Å². The molecule has 2 atom stereocenters. The maximum Gasteiger partial charge on any atom is 0.471 e. The summed E-state index contributed by atoms with van der Waals surface area (Å²) in [7, 11) is 0. The molecule has 2 unspecified atom stereocenters. The van der Waals surface area contributed by atoms with Crippen molar-refractivity contribution >= 4 is 70.8 Å². The SMILES string of the molecule is O=C1c2c(Br)sc(Br)c2C(NC(=O)C(F)(F)F)C1Br. The largest absolute Gasteiger partial charge is 0.471 e. The van der Waals surface area contributed by atoms with E-state index < -0.39 is 23.0 Å². The summed E-state index contributed by atoms with van der Waals surface area (Å²) in [6.45, 7) is 0. The molecule has 0 aliphatic heterocycles. The predicted octanol–water partition coefficient (Wildman–Crippen LogP) is 3.95. The van der Waals surface area contributed by atoms with Gasteiger partial charge in [0.15, 0.2) is 5.78 Å². The lowest BCUT2D eigenvalue weighted by molar-refractivity contribution is -0.174. The van der Waals surface area contributed by atoms with Crippen molar-refractivity contribution < 1.29 is 22.8 Å². The van der Waals surface area contributed by atoms with E-state index in [4.69, 9.17) is 0 Å². The van der Waals surface area contributed by atoms with E-state index in [1.165, 1.54) is 11.3 Å². The maximum absolute atomic E-state index is 12.3. The van der Waals surface area contributed by atoms with Crippen LogP contribution in [0.2, 0.25) is 0 Å². The lowest BCUT2D eigenvalue weighted by atomic mass is 10.2. The third-order valence-corrected chi connectivity index (χ3v) is 6.02. The molecule has 1 aliphatic rings. The van der Waals surface area contributed by atoms with Crippen molar-refractivity contribution in [2.75, 3.05) is 0 Å². The monoisotopic (exact) mass is 483 g/mol. The van der Waals surface area contributed by atoms with Gasteiger partial charge in [-0.25, -0.2) is 0 Å². The van der Waals surface area contributed by atoms with E-state index in [0.717, 1.165) is 0 Å². The minimum atomic E-state index is -4.99. The van der Waals surface area contributed by atoms with Gasteiger partial charge in [0.25, 0.3) is 0 Å². The van der Waals surface area contributed by atoms with Crippen LogP contribution in [0, 0.1) is 0 Å². The zero-order valence-electron chi connectivity index (χ0n) is 8.65. The van der Waals surface area contributed by atoms with Crippen LogP contribution in [0.25, 0.3) is 0 Å². The summed E-state index contributed by atoms with van der Waals surface area (Å²) >= 11 is 10.6. The molecule has 1 aliphatic carbocycles. The Labute approximate surface area is 134 Å². The molecule has 0 fully saturated rings. The first-order valence-electron chi connectivity index (χ1n) is 4.68. The summed E-state index contributed by atoms with van der Waals surface area (Å²) in [6, 6.07) is -1.05. The van der Waals surface area contributed by atoms with Gasteiger partial charge in [0.2, 0.25) is 0 Å². The fraction of sp³-hybridized carbons (Fsp3) is 0.333. The maximum atomic E-state index is 12.3. The smallest absolute Gasteiger partial charge is 0.340 e. The summed E-state index contributed by atoms with van der Waals surface area (Å²) in [5.74, 6) is -2.44. The number of thiophene rings is 1. The molecular formula is C9H3Br3F3NO2S. The van der Waals surface area contributed by atoms with Crippen molar-refractivity contribution in [1.82, 2.24) is 5.32 Å². The molecule has 0 saturated carbocycles. The lowest BCUT2D eigenvalue weighted by Crippen LogP contribution is -2.41. The number of alkyl halides is 4. The molecular weight excluding hydrogens is 483 g/mol. The summed E-state index contributed by atoms with van der Waals surface area (Å²) < 4.78 is 37.9. The average molecular weight is 486 g/mol. The van der Waals surface area contributed by atoms with E-state index in [2.05, 4.69) is 47.8 Å². The number of hydrogen-bond acceptors (Lipinski definition) is 3. The van der Waals surface area contributed by atoms with Crippen LogP contribution in [0.15, 0.2) is 7.57 Å². The molecule has 1 heterocycles. The first-order valence-corrected chi connectivity index (χ1v) is 8.00. The third kappa shape index (κ3) is 2.64. The molecule has 1 aromatic heterocycles. The first-order chi connectivity index (χ1) is 8.64. The number of Topliss-reactive ketones (excluding diaryl/α,β-unsaturated/α-hetero) is 1. The zero-order valence-corrected chi connectivity index (χ0v) is 14.2. The molecule has 1 amide bonds. The Morgan fingerprint density at radius 2 is 1.84 bits per heavy atom. The van der Waals surface area contributed by atoms with Gasteiger partial charge < -0.3 is 5.32 Å². The zero-order chi connectivity index (χ0) is 14.5. The summed E-state index contributed by atoms with van der Waals surface area (Å²) in [5, 5.41) is 1.83. The van der Waals surface area contributed by atoms with Gasteiger partial charge in [0, 0.05) is 5.56 Å². The quantitative estimate of drug-likeness (QED) is 0.612. The topological polar surface area (TPSA) is 46.2 Å². The van der Waals surface area contributed by atoms with Gasteiger partial charge in [-0.05, 0) is 31.9 Å². The van der Waals surface area contributed by atoms with E-state index in [0.29, 0.717) is 18.7 Å². The molecule has 0 spiro atoms. The van der Waals surface area contributed by atoms with Gasteiger partial charge in [0.05, 0.1) is 19.2 Å². The van der Waals surface area contributed by atoms with Crippen LogP contribution in [-0.2, 0) is 4.79 Å². The number of halogens is 6. The number of carbonyl (C=O) groups is 2.